The van der Waals surface area contributed by atoms with Crippen LogP contribution in [0.3, 0.4) is 0 Å². The fourth-order valence-corrected chi connectivity index (χ4v) is 3.55. The molecule has 0 unspecified atom stereocenters. The summed E-state index contributed by atoms with van der Waals surface area (Å²) in [5, 5.41) is 12.1. The Bertz CT molecular complexity index is 1150. The Kier molecular flexibility index (Phi) is 4.49. The van der Waals surface area contributed by atoms with E-state index in [0.717, 1.165) is 22.3 Å². The van der Waals surface area contributed by atoms with Crippen LogP contribution in [0.2, 0.25) is 0 Å². The maximum Gasteiger partial charge on any atom is 0.234 e. The number of H-pyrrole nitrogens is 1. The first-order valence-corrected chi connectivity index (χ1v) is 9.29. The second kappa shape index (κ2) is 6.96. The van der Waals surface area contributed by atoms with E-state index in [1.165, 1.54) is 23.9 Å². The molecule has 4 rings (SSSR count). The third-order valence-electron chi connectivity index (χ3n) is 3.99. The SMILES string of the molecule is Cc1cc(C)cc(NC(=O)CSc2nnc3c(n2)[nH]c2ccc(F)cc23)c1. The van der Waals surface area contributed by atoms with Gasteiger partial charge in [-0.2, -0.15) is 0 Å². The number of carbonyl (C=O) groups excluding carboxylic acids is 1. The normalized spacial score (nSPS) is 11.2. The van der Waals surface area contributed by atoms with Gasteiger partial charge in [0.25, 0.3) is 0 Å². The molecule has 0 saturated carbocycles. The summed E-state index contributed by atoms with van der Waals surface area (Å²) in [7, 11) is 0. The molecule has 136 valence electrons. The van der Waals surface area contributed by atoms with Gasteiger partial charge in [0.05, 0.1) is 5.75 Å². The van der Waals surface area contributed by atoms with E-state index >= 15 is 0 Å². The molecule has 6 nitrogen and oxygen atoms in total. The third kappa shape index (κ3) is 3.75. The van der Waals surface area contributed by atoms with Crippen molar-refractivity contribution in [3.63, 3.8) is 0 Å². The zero-order valence-electron chi connectivity index (χ0n) is 14.7. The quantitative estimate of drug-likeness (QED) is 0.522. The van der Waals surface area contributed by atoms with E-state index < -0.39 is 0 Å². The number of anilines is 1. The minimum atomic E-state index is -0.341. The molecule has 2 N–H and O–H groups in total. The first kappa shape index (κ1) is 17.4. The smallest absolute Gasteiger partial charge is 0.234 e. The fourth-order valence-electron chi connectivity index (χ4n) is 2.96. The van der Waals surface area contributed by atoms with Crippen LogP contribution in [-0.4, -0.2) is 31.8 Å². The molecule has 2 heterocycles. The number of aromatic amines is 1. The van der Waals surface area contributed by atoms with Gasteiger partial charge in [-0.25, -0.2) is 9.37 Å². The number of hydrogen-bond donors (Lipinski definition) is 2. The Morgan fingerprint density at radius 2 is 1.93 bits per heavy atom. The van der Waals surface area contributed by atoms with E-state index in [-0.39, 0.29) is 17.5 Å². The molecule has 2 aromatic heterocycles. The van der Waals surface area contributed by atoms with Gasteiger partial charge in [0.2, 0.25) is 11.1 Å². The molecule has 0 bridgehead atoms. The number of thioether (sulfide) groups is 1. The molecule has 0 saturated heterocycles. The van der Waals surface area contributed by atoms with Crippen LogP contribution < -0.4 is 5.32 Å². The minimum absolute atomic E-state index is 0.146. The number of aryl methyl sites for hydroxylation is 2. The van der Waals surface area contributed by atoms with Crippen LogP contribution >= 0.6 is 11.8 Å². The van der Waals surface area contributed by atoms with Crippen LogP contribution in [0.25, 0.3) is 22.1 Å². The second-order valence-corrected chi connectivity index (χ2v) is 7.26. The van der Waals surface area contributed by atoms with Crippen LogP contribution in [0.4, 0.5) is 10.1 Å². The lowest BCUT2D eigenvalue weighted by molar-refractivity contribution is -0.113. The number of hydrogen-bond acceptors (Lipinski definition) is 5. The van der Waals surface area contributed by atoms with E-state index in [9.17, 15) is 9.18 Å². The highest BCUT2D eigenvalue weighted by atomic mass is 32.2. The molecule has 0 aliphatic heterocycles. The molecule has 0 fully saturated rings. The molecule has 0 atom stereocenters. The summed E-state index contributed by atoms with van der Waals surface area (Å²) in [5.41, 5.74) is 4.71. The predicted molar refractivity (Wildman–Crippen MR) is 104 cm³/mol. The molecule has 8 heteroatoms. The molecular formula is C19H16FN5OS. The Morgan fingerprint density at radius 3 is 2.70 bits per heavy atom. The largest absolute Gasteiger partial charge is 0.338 e. The molecule has 0 radical (unpaired) electrons. The summed E-state index contributed by atoms with van der Waals surface area (Å²) in [6.45, 7) is 3.97. The van der Waals surface area contributed by atoms with E-state index in [0.29, 0.717) is 21.7 Å². The molecule has 27 heavy (non-hydrogen) atoms. The van der Waals surface area contributed by atoms with Gasteiger partial charge in [0.15, 0.2) is 5.65 Å². The number of amides is 1. The maximum atomic E-state index is 13.4. The van der Waals surface area contributed by atoms with Crippen LogP contribution in [0.1, 0.15) is 11.1 Å². The highest BCUT2D eigenvalue weighted by Gasteiger charge is 2.12. The summed E-state index contributed by atoms with van der Waals surface area (Å²) in [5.74, 6) is -0.325. The van der Waals surface area contributed by atoms with Gasteiger partial charge in [-0.1, -0.05) is 17.8 Å². The Labute approximate surface area is 158 Å². The highest BCUT2D eigenvalue weighted by molar-refractivity contribution is 7.99. The van der Waals surface area contributed by atoms with Gasteiger partial charge < -0.3 is 10.3 Å². The monoisotopic (exact) mass is 381 g/mol. The van der Waals surface area contributed by atoms with Crippen LogP contribution in [-0.2, 0) is 4.79 Å². The van der Waals surface area contributed by atoms with Crippen LogP contribution in [0, 0.1) is 19.7 Å². The minimum Gasteiger partial charge on any atom is -0.338 e. The Morgan fingerprint density at radius 1 is 1.15 bits per heavy atom. The molecule has 2 aromatic carbocycles. The maximum absolute atomic E-state index is 13.4. The topological polar surface area (TPSA) is 83.6 Å². The van der Waals surface area contributed by atoms with Crippen LogP contribution in [0.5, 0.6) is 0 Å². The summed E-state index contributed by atoms with van der Waals surface area (Å²) in [6.07, 6.45) is 0. The zero-order valence-corrected chi connectivity index (χ0v) is 15.5. The number of rotatable bonds is 4. The predicted octanol–water partition coefficient (Wildman–Crippen LogP) is 3.99. The number of carbonyl (C=O) groups is 1. The van der Waals surface area contributed by atoms with Crippen molar-refractivity contribution in [2.45, 2.75) is 19.0 Å². The van der Waals surface area contributed by atoms with Gasteiger partial charge in [-0.15, -0.1) is 10.2 Å². The first-order valence-electron chi connectivity index (χ1n) is 8.30. The molecule has 1 amide bonds. The highest BCUT2D eigenvalue weighted by Crippen LogP contribution is 2.24. The Balaban J connectivity index is 1.48. The van der Waals surface area contributed by atoms with Gasteiger partial charge >= 0.3 is 0 Å². The first-order chi connectivity index (χ1) is 13.0. The number of aromatic nitrogens is 4. The average molecular weight is 381 g/mol. The number of nitrogens with zero attached hydrogens (tertiary/aromatic N) is 3. The number of halogens is 1. The lowest BCUT2D eigenvalue weighted by Gasteiger charge is -2.07. The zero-order chi connectivity index (χ0) is 19.0. The number of fused-ring (bicyclic) bond motifs is 3. The number of benzene rings is 2. The van der Waals surface area contributed by atoms with Crippen molar-refractivity contribution in [3.05, 3.63) is 53.3 Å². The van der Waals surface area contributed by atoms with Gasteiger partial charge in [-0.05, 0) is 55.3 Å². The number of nitrogens with one attached hydrogen (secondary N) is 2. The average Bonchev–Trinajstić information content (AvgIpc) is 2.96. The summed E-state index contributed by atoms with van der Waals surface area (Å²) >= 11 is 1.19. The summed E-state index contributed by atoms with van der Waals surface area (Å²) in [6, 6.07) is 10.3. The van der Waals surface area contributed by atoms with Crippen molar-refractivity contribution in [1.82, 2.24) is 20.2 Å². The third-order valence-corrected chi connectivity index (χ3v) is 4.83. The standard InChI is InChI=1S/C19H16FN5OS/c1-10-5-11(2)7-13(6-10)21-16(26)9-27-19-23-18-17(24-25-19)14-8-12(20)3-4-15(14)22-18/h3-8H,9H2,1-2H3,(H,21,26)(H,22,23,25). The summed E-state index contributed by atoms with van der Waals surface area (Å²) < 4.78 is 13.4. The Hall–Kier alpha value is -3.00. The second-order valence-electron chi connectivity index (χ2n) is 6.32. The van der Waals surface area contributed by atoms with E-state index in [2.05, 4.69) is 25.5 Å². The van der Waals surface area contributed by atoms with Gasteiger partial charge in [0, 0.05) is 16.6 Å². The summed E-state index contributed by atoms with van der Waals surface area (Å²) in [4.78, 5) is 19.7. The van der Waals surface area contributed by atoms with E-state index in [1.807, 2.05) is 32.0 Å². The fraction of sp³-hybridized carbons (Fsp3) is 0.158. The lowest BCUT2D eigenvalue weighted by atomic mass is 10.1. The van der Waals surface area contributed by atoms with Crippen LogP contribution in [0.15, 0.2) is 41.6 Å². The molecule has 4 aromatic rings. The molecule has 0 aliphatic rings. The van der Waals surface area contributed by atoms with Crippen molar-refractivity contribution in [1.29, 1.82) is 0 Å². The van der Waals surface area contributed by atoms with Crippen molar-refractivity contribution >= 4 is 45.4 Å². The van der Waals surface area contributed by atoms with Gasteiger partial charge in [0.1, 0.15) is 11.3 Å². The molecule has 0 spiro atoms. The molecule has 0 aliphatic carbocycles. The van der Waals surface area contributed by atoms with Crippen molar-refractivity contribution in [2.24, 2.45) is 0 Å². The van der Waals surface area contributed by atoms with Gasteiger partial charge in [-0.3, -0.25) is 4.79 Å². The van der Waals surface area contributed by atoms with E-state index in [1.54, 1.807) is 6.07 Å². The van der Waals surface area contributed by atoms with E-state index in [4.69, 9.17) is 0 Å². The van der Waals surface area contributed by atoms with Crippen molar-refractivity contribution in [2.75, 3.05) is 11.1 Å². The molecular weight excluding hydrogens is 365 g/mol. The van der Waals surface area contributed by atoms with Crippen molar-refractivity contribution < 1.29 is 9.18 Å². The van der Waals surface area contributed by atoms with Crippen molar-refractivity contribution in [3.8, 4) is 0 Å². The lowest BCUT2D eigenvalue weighted by Crippen LogP contribution is -2.14.